The Kier molecular flexibility index (Phi) is 6.59. The first-order valence-corrected chi connectivity index (χ1v) is 9.69. The van der Waals surface area contributed by atoms with Crippen molar-refractivity contribution in [3.63, 3.8) is 0 Å². The highest BCUT2D eigenvalue weighted by Gasteiger charge is 2.10. The van der Waals surface area contributed by atoms with E-state index in [0.29, 0.717) is 29.8 Å². The molecular weight excluding hydrogens is 451 g/mol. The summed E-state index contributed by atoms with van der Waals surface area (Å²) in [5, 5.41) is 5.76. The van der Waals surface area contributed by atoms with Crippen molar-refractivity contribution in [1.29, 1.82) is 0 Å². The molecule has 0 aliphatic carbocycles. The lowest BCUT2D eigenvalue weighted by Gasteiger charge is -2.10. The first-order chi connectivity index (χ1) is 13.1. The molecule has 3 rings (SSSR count). The number of benzene rings is 3. The number of hydrogen-bond donors (Lipinski definition) is 2. The molecule has 136 valence electrons. The van der Waals surface area contributed by atoms with Crippen molar-refractivity contribution in [3.8, 4) is 0 Å². The van der Waals surface area contributed by atoms with E-state index >= 15 is 0 Å². The number of aryl methyl sites for hydroxylation is 1. The molecule has 27 heavy (non-hydrogen) atoms. The molecule has 0 spiro atoms. The Labute approximate surface area is 172 Å². The minimum atomic E-state index is -0.174. The van der Waals surface area contributed by atoms with Gasteiger partial charge in [0.1, 0.15) is 0 Å². The van der Waals surface area contributed by atoms with Crippen molar-refractivity contribution in [2.45, 2.75) is 12.8 Å². The molecule has 0 bridgehead atoms. The number of rotatable bonds is 6. The van der Waals surface area contributed by atoms with Gasteiger partial charge in [-0.1, -0.05) is 48.5 Å². The predicted octanol–water partition coefficient (Wildman–Crippen LogP) is 5.11. The van der Waals surface area contributed by atoms with Gasteiger partial charge in [-0.3, -0.25) is 9.59 Å². The van der Waals surface area contributed by atoms with Crippen LogP contribution in [0.25, 0.3) is 0 Å². The van der Waals surface area contributed by atoms with Crippen molar-refractivity contribution in [1.82, 2.24) is 0 Å². The summed E-state index contributed by atoms with van der Waals surface area (Å²) in [5.41, 5.74) is 3.05. The van der Waals surface area contributed by atoms with Gasteiger partial charge >= 0.3 is 0 Å². The van der Waals surface area contributed by atoms with Gasteiger partial charge in [-0.25, -0.2) is 0 Å². The molecule has 0 saturated carbocycles. The maximum atomic E-state index is 12.4. The minimum absolute atomic E-state index is 0.0556. The van der Waals surface area contributed by atoms with E-state index in [2.05, 4.69) is 33.2 Å². The highest BCUT2D eigenvalue weighted by Crippen LogP contribution is 2.18. The van der Waals surface area contributed by atoms with Crippen molar-refractivity contribution in [2.75, 3.05) is 10.6 Å². The number of anilines is 2. The van der Waals surface area contributed by atoms with Crippen LogP contribution in [-0.4, -0.2) is 11.8 Å². The lowest BCUT2D eigenvalue weighted by Crippen LogP contribution is -2.15. The molecule has 0 radical (unpaired) electrons. The summed E-state index contributed by atoms with van der Waals surface area (Å²) >= 11 is 2.14. The average Bonchev–Trinajstić information content (AvgIpc) is 2.68. The molecule has 5 heteroatoms. The Balaban J connectivity index is 1.59. The lowest BCUT2D eigenvalue weighted by atomic mass is 10.1. The first-order valence-electron chi connectivity index (χ1n) is 8.61. The van der Waals surface area contributed by atoms with Gasteiger partial charge in [0.25, 0.3) is 5.91 Å². The number of halogens is 1. The normalized spacial score (nSPS) is 10.3. The van der Waals surface area contributed by atoms with Gasteiger partial charge in [0.05, 0.1) is 5.56 Å². The second kappa shape index (κ2) is 9.32. The van der Waals surface area contributed by atoms with Crippen LogP contribution in [-0.2, 0) is 11.2 Å². The topological polar surface area (TPSA) is 58.2 Å². The van der Waals surface area contributed by atoms with Crippen LogP contribution in [0.3, 0.4) is 0 Å². The lowest BCUT2D eigenvalue weighted by molar-refractivity contribution is -0.116. The third-order valence-electron chi connectivity index (χ3n) is 4.01. The Morgan fingerprint density at radius 3 is 2.19 bits per heavy atom. The molecule has 0 fully saturated rings. The Hall–Kier alpha value is -2.67. The summed E-state index contributed by atoms with van der Waals surface area (Å²) < 4.78 is 0.887. The number of carbonyl (C=O) groups excluding carboxylic acids is 2. The highest BCUT2D eigenvalue weighted by atomic mass is 127. The molecule has 0 saturated heterocycles. The zero-order valence-corrected chi connectivity index (χ0v) is 16.8. The van der Waals surface area contributed by atoms with Gasteiger partial charge in [-0.15, -0.1) is 0 Å². The SMILES string of the molecule is O=C(CCc1ccccc1)Nc1cccc(NC(=O)c2ccccc2I)c1. The van der Waals surface area contributed by atoms with E-state index < -0.39 is 0 Å². The van der Waals surface area contributed by atoms with Gasteiger partial charge in [0.15, 0.2) is 0 Å². The van der Waals surface area contributed by atoms with Crippen molar-refractivity contribution < 1.29 is 9.59 Å². The summed E-state index contributed by atoms with van der Waals surface area (Å²) in [6.07, 6.45) is 1.10. The monoisotopic (exact) mass is 470 g/mol. The van der Waals surface area contributed by atoms with Crippen LogP contribution >= 0.6 is 22.6 Å². The summed E-state index contributed by atoms with van der Waals surface area (Å²) in [5.74, 6) is -0.229. The molecule has 2 amide bonds. The Morgan fingerprint density at radius 1 is 0.778 bits per heavy atom. The molecule has 4 nitrogen and oxygen atoms in total. The van der Waals surface area contributed by atoms with Crippen LogP contribution in [0.4, 0.5) is 11.4 Å². The van der Waals surface area contributed by atoms with Gasteiger partial charge in [0, 0.05) is 21.4 Å². The summed E-state index contributed by atoms with van der Waals surface area (Å²) in [7, 11) is 0. The van der Waals surface area contributed by atoms with E-state index in [-0.39, 0.29) is 11.8 Å². The molecular formula is C22H19IN2O2. The quantitative estimate of drug-likeness (QED) is 0.492. The molecule has 2 N–H and O–H groups in total. The van der Waals surface area contributed by atoms with Crippen molar-refractivity contribution in [2.24, 2.45) is 0 Å². The molecule has 0 aromatic heterocycles. The molecule has 0 atom stereocenters. The van der Waals surface area contributed by atoms with E-state index in [9.17, 15) is 9.59 Å². The number of amides is 2. The first kappa shape index (κ1) is 19.1. The van der Waals surface area contributed by atoms with Crippen LogP contribution in [0.2, 0.25) is 0 Å². The third kappa shape index (κ3) is 5.65. The van der Waals surface area contributed by atoms with Gasteiger partial charge < -0.3 is 10.6 Å². The fraction of sp³-hybridized carbons (Fsp3) is 0.0909. The molecule has 3 aromatic rings. The van der Waals surface area contributed by atoms with Crippen LogP contribution in [0, 0.1) is 3.57 Å². The largest absolute Gasteiger partial charge is 0.326 e. The van der Waals surface area contributed by atoms with Gasteiger partial charge in [0.2, 0.25) is 5.91 Å². The Morgan fingerprint density at radius 2 is 1.44 bits per heavy atom. The average molecular weight is 470 g/mol. The molecule has 3 aromatic carbocycles. The maximum Gasteiger partial charge on any atom is 0.256 e. The van der Waals surface area contributed by atoms with E-state index in [0.717, 1.165) is 9.13 Å². The molecule has 0 unspecified atom stereocenters. The number of carbonyl (C=O) groups is 2. The minimum Gasteiger partial charge on any atom is -0.326 e. The fourth-order valence-electron chi connectivity index (χ4n) is 2.64. The van der Waals surface area contributed by atoms with Crippen LogP contribution in [0.1, 0.15) is 22.3 Å². The molecule has 0 aliphatic heterocycles. The summed E-state index contributed by atoms with van der Waals surface area (Å²) in [4.78, 5) is 24.6. The predicted molar refractivity (Wildman–Crippen MR) is 117 cm³/mol. The van der Waals surface area contributed by atoms with Crippen molar-refractivity contribution >= 4 is 45.8 Å². The van der Waals surface area contributed by atoms with Gasteiger partial charge in [-0.2, -0.15) is 0 Å². The maximum absolute atomic E-state index is 12.4. The standard InChI is InChI=1S/C22H19IN2O2/c23-20-12-5-4-11-19(20)22(27)25-18-10-6-9-17(15-18)24-21(26)14-13-16-7-2-1-3-8-16/h1-12,15H,13-14H2,(H,24,26)(H,25,27). The van der Waals surface area contributed by atoms with Crippen LogP contribution < -0.4 is 10.6 Å². The smallest absolute Gasteiger partial charge is 0.256 e. The van der Waals surface area contributed by atoms with E-state index in [1.165, 1.54) is 0 Å². The zero-order valence-electron chi connectivity index (χ0n) is 14.6. The van der Waals surface area contributed by atoms with Gasteiger partial charge in [-0.05, 0) is 64.9 Å². The molecule has 0 aliphatic rings. The summed E-state index contributed by atoms with van der Waals surface area (Å²) in [6, 6.07) is 24.5. The van der Waals surface area contributed by atoms with E-state index in [1.54, 1.807) is 24.3 Å². The van der Waals surface area contributed by atoms with Crippen molar-refractivity contribution in [3.05, 3.63) is 93.6 Å². The summed E-state index contributed by atoms with van der Waals surface area (Å²) in [6.45, 7) is 0. The van der Waals surface area contributed by atoms with E-state index in [4.69, 9.17) is 0 Å². The fourth-order valence-corrected chi connectivity index (χ4v) is 3.28. The Bertz CT molecular complexity index is 942. The number of hydrogen-bond acceptors (Lipinski definition) is 2. The van der Waals surface area contributed by atoms with E-state index in [1.807, 2.05) is 54.6 Å². The molecule has 0 heterocycles. The second-order valence-corrected chi connectivity index (χ2v) is 7.21. The third-order valence-corrected chi connectivity index (χ3v) is 4.95. The van der Waals surface area contributed by atoms with Crippen LogP contribution in [0.5, 0.6) is 0 Å². The zero-order chi connectivity index (χ0) is 19.1. The second-order valence-electron chi connectivity index (χ2n) is 6.05. The number of nitrogens with one attached hydrogen (secondary N) is 2. The highest BCUT2D eigenvalue weighted by molar-refractivity contribution is 14.1. The van der Waals surface area contributed by atoms with Crippen LogP contribution in [0.15, 0.2) is 78.9 Å².